The molecule has 4 heterocycles. The molecule has 1 fully saturated rings. The van der Waals surface area contributed by atoms with Crippen molar-refractivity contribution in [3.05, 3.63) is 18.0 Å². The Bertz CT molecular complexity index is 953. The largest absolute Gasteiger partial charge is 0.379 e. The summed E-state index contributed by atoms with van der Waals surface area (Å²) in [5.41, 5.74) is 2.18. The van der Waals surface area contributed by atoms with Crippen LogP contribution in [0.5, 0.6) is 0 Å². The Labute approximate surface area is 169 Å². The van der Waals surface area contributed by atoms with Crippen LogP contribution in [0.3, 0.4) is 0 Å². The zero-order chi connectivity index (χ0) is 19.5. The zero-order valence-corrected chi connectivity index (χ0v) is 17.5. The molecule has 0 aliphatic carbocycles. The third kappa shape index (κ3) is 4.04. The highest BCUT2D eigenvalue weighted by Gasteiger charge is 2.18. The first kappa shape index (κ1) is 19.3. The van der Waals surface area contributed by atoms with E-state index < -0.39 is 0 Å². The van der Waals surface area contributed by atoms with Crippen molar-refractivity contribution >= 4 is 43.4 Å². The van der Waals surface area contributed by atoms with Crippen LogP contribution in [-0.4, -0.2) is 60.5 Å². The first-order valence-corrected chi connectivity index (χ1v) is 10.7. The Balaban J connectivity index is 1.60. The molecule has 150 valence electrons. The fourth-order valence-electron chi connectivity index (χ4n) is 3.41. The van der Waals surface area contributed by atoms with Gasteiger partial charge in [0.05, 0.1) is 29.5 Å². The van der Waals surface area contributed by atoms with Gasteiger partial charge < -0.3 is 19.7 Å². The standard InChI is InChI=1S/C20H27N5O2S/c1-13(2)27-8-4-5-21-19-18-17(22-12-23-19)16-14(3)11-15(24-20(16)28-18)25-6-9-26-10-7-25/h11-13H,4-10H2,1-3H3,(H,21,22,23). The van der Waals surface area contributed by atoms with Crippen LogP contribution in [0.4, 0.5) is 11.6 Å². The lowest BCUT2D eigenvalue weighted by Crippen LogP contribution is -2.36. The summed E-state index contributed by atoms with van der Waals surface area (Å²) in [5, 5.41) is 4.57. The topological polar surface area (TPSA) is 72.4 Å². The van der Waals surface area contributed by atoms with Crippen molar-refractivity contribution in [2.75, 3.05) is 49.7 Å². The van der Waals surface area contributed by atoms with Crippen molar-refractivity contribution in [1.29, 1.82) is 0 Å². The summed E-state index contributed by atoms with van der Waals surface area (Å²) in [6, 6.07) is 2.16. The zero-order valence-electron chi connectivity index (χ0n) is 16.7. The molecule has 0 radical (unpaired) electrons. The molecular formula is C20H27N5O2S. The Morgan fingerprint density at radius 3 is 2.89 bits per heavy atom. The van der Waals surface area contributed by atoms with Crippen LogP contribution in [0.2, 0.25) is 0 Å². The summed E-state index contributed by atoms with van der Waals surface area (Å²) in [7, 11) is 0. The minimum Gasteiger partial charge on any atom is -0.379 e. The fraction of sp³-hybridized carbons (Fsp3) is 0.550. The van der Waals surface area contributed by atoms with E-state index in [0.717, 1.165) is 77.9 Å². The number of pyridine rings is 1. The second-order valence-electron chi connectivity index (χ2n) is 7.28. The van der Waals surface area contributed by atoms with E-state index in [0.29, 0.717) is 0 Å². The Morgan fingerprint density at radius 1 is 1.29 bits per heavy atom. The predicted molar refractivity (Wildman–Crippen MR) is 115 cm³/mol. The third-order valence-corrected chi connectivity index (χ3v) is 5.89. The molecule has 28 heavy (non-hydrogen) atoms. The maximum absolute atomic E-state index is 5.61. The molecule has 1 aliphatic heterocycles. The van der Waals surface area contributed by atoms with Crippen molar-refractivity contribution in [2.24, 2.45) is 0 Å². The number of hydrogen-bond acceptors (Lipinski definition) is 8. The lowest BCUT2D eigenvalue weighted by atomic mass is 10.2. The number of thiophene rings is 1. The fourth-order valence-corrected chi connectivity index (χ4v) is 4.58. The molecule has 1 N–H and O–H groups in total. The molecule has 0 aromatic carbocycles. The van der Waals surface area contributed by atoms with Crippen LogP contribution in [0.25, 0.3) is 20.4 Å². The molecule has 7 nitrogen and oxygen atoms in total. The number of ether oxygens (including phenoxy) is 2. The summed E-state index contributed by atoms with van der Waals surface area (Å²) in [6.07, 6.45) is 2.84. The number of aromatic nitrogens is 3. The first-order valence-electron chi connectivity index (χ1n) is 9.86. The van der Waals surface area contributed by atoms with E-state index in [-0.39, 0.29) is 6.10 Å². The van der Waals surface area contributed by atoms with Crippen molar-refractivity contribution in [2.45, 2.75) is 33.3 Å². The number of morpholine rings is 1. The highest BCUT2D eigenvalue weighted by atomic mass is 32.1. The summed E-state index contributed by atoms with van der Waals surface area (Å²) in [5.74, 6) is 1.90. The van der Waals surface area contributed by atoms with E-state index in [2.05, 4.69) is 47.0 Å². The number of anilines is 2. The van der Waals surface area contributed by atoms with Gasteiger partial charge in [0, 0.05) is 31.6 Å². The van der Waals surface area contributed by atoms with Gasteiger partial charge in [-0.1, -0.05) is 0 Å². The Kier molecular flexibility index (Phi) is 5.89. The van der Waals surface area contributed by atoms with E-state index >= 15 is 0 Å². The van der Waals surface area contributed by atoms with Crippen molar-refractivity contribution < 1.29 is 9.47 Å². The quantitative estimate of drug-likeness (QED) is 0.606. The van der Waals surface area contributed by atoms with Gasteiger partial charge in [-0.05, 0) is 38.8 Å². The normalized spacial score (nSPS) is 15.1. The molecule has 1 saturated heterocycles. The molecule has 3 aromatic heterocycles. The molecule has 0 unspecified atom stereocenters. The number of hydrogen-bond donors (Lipinski definition) is 1. The highest BCUT2D eigenvalue weighted by molar-refractivity contribution is 7.26. The average Bonchev–Trinajstić information content (AvgIpc) is 3.08. The molecule has 4 rings (SSSR count). The average molecular weight is 402 g/mol. The van der Waals surface area contributed by atoms with Crippen LogP contribution in [0.1, 0.15) is 25.8 Å². The molecule has 0 atom stereocenters. The van der Waals surface area contributed by atoms with E-state index in [9.17, 15) is 0 Å². The van der Waals surface area contributed by atoms with Gasteiger partial charge in [-0.15, -0.1) is 11.3 Å². The van der Waals surface area contributed by atoms with Crippen LogP contribution >= 0.6 is 11.3 Å². The van der Waals surface area contributed by atoms with E-state index in [1.54, 1.807) is 17.7 Å². The summed E-state index contributed by atoms with van der Waals surface area (Å²) in [6.45, 7) is 11.1. The van der Waals surface area contributed by atoms with Gasteiger partial charge in [0.25, 0.3) is 0 Å². The monoisotopic (exact) mass is 401 g/mol. The number of nitrogens with zero attached hydrogens (tertiary/aromatic N) is 4. The van der Waals surface area contributed by atoms with Crippen LogP contribution in [0.15, 0.2) is 12.4 Å². The Morgan fingerprint density at radius 2 is 2.11 bits per heavy atom. The smallest absolute Gasteiger partial charge is 0.147 e. The molecule has 3 aromatic rings. The molecule has 8 heteroatoms. The van der Waals surface area contributed by atoms with Gasteiger partial charge in [-0.25, -0.2) is 15.0 Å². The maximum atomic E-state index is 5.61. The molecule has 0 amide bonds. The van der Waals surface area contributed by atoms with Crippen LogP contribution < -0.4 is 10.2 Å². The van der Waals surface area contributed by atoms with Gasteiger partial charge in [-0.2, -0.15) is 0 Å². The van der Waals surface area contributed by atoms with Gasteiger partial charge in [0.1, 0.15) is 22.8 Å². The summed E-state index contributed by atoms with van der Waals surface area (Å²) >= 11 is 1.66. The van der Waals surface area contributed by atoms with Gasteiger partial charge in [0.2, 0.25) is 0 Å². The lowest BCUT2D eigenvalue weighted by molar-refractivity contribution is 0.0787. The summed E-state index contributed by atoms with van der Waals surface area (Å²) < 4.78 is 12.1. The van der Waals surface area contributed by atoms with Crippen LogP contribution in [0, 0.1) is 6.92 Å². The number of aryl methyl sites for hydroxylation is 1. The minimum absolute atomic E-state index is 0.267. The van der Waals surface area contributed by atoms with Gasteiger partial charge in [0.15, 0.2) is 0 Å². The van der Waals surface area contributed by atoms with Gasteiger partial charge in [-0.3, -0.25) is 0 Å². The van der Waals surface area contributed by atoms with Crippen molar-refractivity contribution in [3.8, 4) is 0 Å². The molecule has 0 bridgehead atoms. The number of rotatable bonds is 7. The lowest BCUT2D eigenvalue weighted by Gasteiger charge is -2.28. The SMILES string of the molecule is Cc1cc(N2CCOCC2)nc2sc3c(NCCCOC(C)C)ncnc3c12. The number of nitrogens with one attached hydrogen (secondary N) is 1. The van der Waals surface area contributed by atoms with Gasteiger partial charge >= 0.3 is 0 Å². The maximum Gasteiger partial charge on any atom is 0.147 e. The van der Waals surface area contributed by atoms with E-state index in [1.807, 2.05) is 0 Å². The molecular weight excluding hydrogens is 374 g/mol. The molecule has 0 spiro atoms. The summed E-state index contributed by atoms with van der Waals surface area (Å²) in [4.78, 5) is 17.3. The highest BCUT2D eigenvalue weighted by Crippen LogP contribution is 2.38. The molecule has 1 aliphatic rings. The predicted octanol–water partition coefficient (Wildman–Crippen LogP) is 3.61. The minimum atomic E-state index is 0.267. The first-order chi connectivity index (χ1) is 13.6. The Hall–Kier alpha value is -2.03. The van der Waals surface area contributed by atoms with Crippen molar-refractivity contribution in [1.82, 2.24) is 15.0 Å². The third-order valence-electron chi connectivity index (χ3n) is 4.81. The van der Waals surface area contributed by atoms with Crippen LogP contribution in [-0.2, 0) is 9.47 Å². The van der Waals surface area contributed by atoms with Crippen molar-refractivity contribution in [3.63, 3.8) is 0 Å². The van der Waals surface area contributed by atoms with E-state index in [4.69, 9.17) is 14.5 Å². The second kappa shape index (κ2) is 8.55. The molecule has 0 saturated carbocycles. The number of fused-ring (bicyclic) bond motifs is 3. The van der Waals surface area contributed by atoms with E-state index in [1.165, 1.54) is 5.56 Å². The second-order valence-corrected chi connectivity index (χ2v) is 8.28.